The standard InChI is InChI=1S/C18H27NO5/c1-21-17-3-2-14-11-19(6-9-23-18(14)10-17)12-15(20)13-24-16-4-7-22-8-5-16/h2-3,10,15-16,20H,4-9,11-13H2,1H3. The summed E-state index contributed by atoms with van der Waals surface area (Å²) in [7, 11) is 1.65. The maximum atomic E-state index is 10.3. The molecule has 0 spiro atoms. The molecule has 6 heteroatoms. The molecule has 2 aliphatic heterocycles. The predicted octanol–water partition coefficient (Wildman–Crippen LogP) is 1.45. The van der Waals surface area contributed by atoms with Gasteiger partial charge in [0.05, 0.1) is 25.9 Å². The van der Waals surface area contributed by atoms with Crippen LogP contribution in [0.5, 0.6) is 11.5 Å². The predicted molar refractivity (Wildman–Crippen MR) is 89.6 cm³/mol. The van der Waals surface area contributed by atoms with Gasteiger partial charge in [0.25, 0.3) is 0 Å². The van der Waals surface area contributed by atoms with Gasteiger partial charge in [-0.1, -0.05) is 6.07 Å². The summed E-state index contributed by atoms with van der Waals surface area (Å²) < 4.78 is 22.2. The number of aliphatic hydroxyl groups excluding tert-OH is 1. The number of benzene rings is 1. The van der Waals surface area contributed by atoms with Gasteiger partial charge < -0.3 is 24.1 Å². The summed E-state index contributed by atoms with van der Waals surface area (Å²) in [5.41, 5.74) is 1.12. The van der Waals surface area contributed by atoms with Crippen molar-refractivity contribution in [3.63, 3.8) is 0 Å². The van der Waals surface area contributed by atoms with E-state index >= 15 is 0 Å². The van der Waals surface area contributed by atoms with Gasteiger partial charge in [0.1, 0.15) is 18.1 Å². The summed E-state index contributed by atoms with van der Waals surface area (Å²) in [6, 6.07) is 5.89. The molecule has 0 saturated carbocycles. The lowest BCUT2D eigenvalue weighted by atomic mass is 10.1. The van der Waals surface area contributed by atoms with E-state index in [0.29, 0.717) is 19.8 Å². The summed E-state index contributed by atoms with van der Waals surface area (Å²) in [4.78, 5) is 2.20. The highest BCUT2D eigenvalue weighted by atomic mass is 16.5. The lowest BCUT2D eigenvalue weighted by Gasteiger charge is -2.26. The van der Waals surface area contributed by atoms with Crippen molar-refractivity contribution in [3.05, 3.63) is 23.8 Å². The fourth-order valence-electron chi connectivity index (χ4n) is 3.13. The average molecular weight is 337 g/mol. The molecule has 0 bridgehead atoms. The lowest BCUT2D eigenvalue weighted by molar-refractivity contribution is -0.0645. The van der Waals surface area contributed by atoms with Crippen molar-refractivity contribution in [1.82, 2.24) is 4.90 Å². The summed E-state index contributed by atoms with van der Waals surface area (Å²) >= 11 is 0. The van der Waals surface area contributed by atoms with Crippen LogP contribution in [0.4, 0.5) is 0 Å². The van der Waals surface area contributed by atoms with Gasteiger partial charge >= 0.3 is 0 Å². The summed E-state index contributed by atoms with van der Waals surface area (Å²) in [5, 5.41) is 10.3. The number of ether oxygens (including phenoxy) is 4. The van der Waals surface area contributed by atoms with Crippen LogP contribution in [0.25, 0.3) is 0 Å². The Bertz CT molecular complexity index is 518. The van der Waals surface area contributed by atoms with Gasteiger partial charge in [-0.15, -0.1) is 0 Å². The maximum absolute atomic E-state index is 10.3. The molecule has 1 unspecified atom stereocenters. The van der Waals surface area contributed by atoms with E-state index in [1.165, 1.54) is 0 Å². The number of β-amino-alcohol motifs (C(OH)–C–C–N with tert-alkyl or cyclic N) is 1. The third kappa shape index (κ3) is 4.83. The van der Waals surface area contributed by atoms with E-state index in [-0.39, 0.29) is 6.10 Å². The van der Waals surface area contributed by atoms with E-state index in [1.807, 2.05) is 18.2 Å². The minimum Gasteiger partial charge on any atom is -0.497 e. The monoisotopic (exact) mass is 337 g/mol. The van der Waals surface area contributed by atoms with Crippen LogP contribution in [0, 0.1) is 0 Å². The van der Waals surface area contributed by atoms with Crippen molar-refractivity contribution >= 4 is 0 Å². The molecule has 0 aromatic heterocycles. The molecule has 1 saturated heterocycles. The van der Waals surface area contributed by atoms with Gasteiger partial charge in [0, 0.05) is 44.5 Å². The smallest absolute Gasteiger partial charge is 0.127 e. The largest absolute Gasteiger partial charge is 0.497 e. The molecular formula is C18H27NO5. The van der Waals surface area contributed by atoms with Crippen molar-refractivity contribution in [3.8, 4) is 11.5 Å². The third-order valence-corrected chi connectivity index (χ3v) is 4.49. The number of hydrogen-bond donors (Lipinski definition) is 1. The SMILES string of the molecule is COc1ccc2c(c1)OCCN(CC(O)COC1CCOCC1)C2. The van der Waals surface area contributed by atoms with Crippen molar-refractivity contribution in [2.75, 3.05) is 46.6 Å². The first-order chi connectivity index (χ1) is 11.7. The zero-order valence-electron chi connectivity index (χ0n) is 14.3. The normalized spacial score (nSPS) is 20.8. The van der Waals surface area contributed by atoms with E-state index in [9.17, 15) is 5.11 Å². The van der Waals surface area contributed by atoms with Gasteiger partial charge in [-0.25, -0.2) is 0 Å². The van der Waals surface area contributed by atoms with Gasteiger partial charge in [-0.3, -0.25) is 4.90 Å². The van der Waals surface area contributed by atoms with Gasteiger partial charge in [-0.2, -0.15) is 0 Å². The molecule has 3 rings (SSSR count). The Labute approximate surface area is 143 Å². The Morgan fingerprint density at radius 1 is 1.29 bits per heavy atom. The van der Waals surface area contributed by atoms with E-state index in [0.717, 1.165) is 56.2 Å². The first kappa shape index (κ1) is 17.5. The summed E-state index contributed by atoms with van der Waals surface area (Å²) in [6.45, 7) is 4.61. The number of hydrogen-bond acceptors (Lipinski definition) is 6. The molecule has 2 aliphatic rings. The Hall–Kier alpha value is -1.34. The second kappa shape index (κ2) is 8.67. The fraction of sp³-hybridized carbons (Fsp3) is 0.667. The molecule has 6 nitrogen and oxygen atoms in total. The van der Waals surface area contributed by atoms with Crippen LogP contribution in [0.1, 0.15) is 18.4 Å². The van der Waals surface area contributed by atoms with Crippen molar-refractivity contribution in [2.24, 2.45) is 0 Å². The molecule has 1 aromatic carbocycles. The van der Waals surface area contributed by atoms with Crippen LogP contribution in [0.2, 0.25) is 0 Å². The average Bonchev–Trinajstić information content (AvgIpc) is 2.81. The molecular weight excluding hydrogens is 310 g/mol. The van der Waals surface area contributed by atoms with E-state index in [1.54, 1.807) is 7.11 Å². The number of aliphatic hydroxyl groups is 1. The van der Waals surface area contributed by atoms with Crippen LogP contribution >= 0.6 is 0 Å². The second-order valence-electron chi connectivity index (χ2n) is 6.36. The minimum atomic E-state index is -0.493. The first-order valence-corrected chi connectivity index (χ1v) is 8.64. The van der Waals surface area contributed by atoms with Crippen molar-refractivity contribution < 1.29 is 24.1 Å². The van der Waals surface area contributed by atoms with Crippen molar-refractivity contribution in [2.45, 2.75) is 31.6 Å². The number of fused-ring (bicyclic) bond motifs is 1. The van der Waals surface area contributed by atoms with Gasteiger partial charge in [0.2, 0.25) is 0 Å². The quantitative estimate of drug-likeness (QED) is 0.848. The number of methoxy groups -OCH3 is 1. The van der Waals surface area contributed by atoms with Crippen LogP contribution in [-0.4, -0.2) is 68.8 Å². The highest BCUT2D eigenvalue weighted by molar-refractivity contribution is 5.41. The van der Waals surface area contributed by atoms with Gasteiger partial charge in [-0.05, 0) is 18.9 Å². The van der Waals surface area contributed by atoms with Crippen molar-refractivity contribution in [1.29, 1.82) is 0 Å². The topological polar surface area (TPSA) is 60.4 Å². The Kier molecular flexibility index (Phi) is 6.31. The minimum absolute atomic E-state index is 0.217. The summed E-state index contributed by atoms with van der Waals surface area (Å²) in [6.07, 6.45) is 1.56. The van der Waals surface area contributed by atoms with Crippen LogP contribution < -0.4 is 9.47 Å². The number of nitrogens with zero attached hydrogens (tertiary/aromatic N) is 1. The molecule has 1 atom stereocenters. The maximum Gasteiger partial charge on any atom is 0.127 e. The Balaban J connectivity index is 1.49. The van der Waals surface area contributed by atoms with Crippen LogP contribution in [-0.2, 0) is 16.0 Å². The molecule has 1 aromatic rings. The molecule has 1 fully saturated rings. The Morgan fingerprint density at radius 3 is 2.92 bits per heavy atom. The zero-order valence-corrected chi connectivity index (χ0v) is 14.3. The summed E-state index contributed by atoms with van der Waals surface area (Å²) in [5.74, 6) is 1.66. The van der Waals surface area contributed by atoms with Crippen LogP contribution in [0.15, 0.2) is 18.2 Å². The zero-order chi connectivity index (χ0) is 16.8. The molecule has 1 N–H and O–H groups in total. The highest BCUT2D eigenvalue weighted by Gasteiger charge is 2.20. The lowest BCUT2D eigenvalue weighted by Crippen LogP contribution is -2.37. The molecule has 0 aliphatic carbocycles. The highest BCUT2D eigenvalue weighted by Crippen LogP contribution is 2.27. The van der Waals surface area contributed by atoms with E-state index < -0.39 is 6.10 Å². The Morgan fingerprint density at radius 2 is 2.12 bits per heavy atom. The fourth-order valence-corrected chi connectivity index (χ4v) is 3.13. The second-order valence-corrected chi connectivity index (χ2v) is 6.36. The molecule has 0 radical (unpaired) electrons. The van der Waals surface area contributed by atoms with E-state index in [4.69, 9.17) is 18.9 Å². The molecule has 0 amide bonds. The molecule has 24 heavy (non-hydrogen) atoms. The van der Waals surface area contributed by atoms with Crippen LogP contribution in [0.3, 0.4) is 0 Å². The number of rotatable bonds is 6. The molecule has 2 heterocycles. The first-order valence-electron chi connectivity index (χ1n) is 8.64. The van der Waals surface area contributed by atoms with E-state index in [2.05, 4.69) is 4.90 Å². The molecule has 134 valence electrons. The third-order valence-electron chi connectivity index (χ3n) is 4.49. The van der Waals surface area contributed by atoms with Gasteiger partial charge in [0.15, 0.2) is 0 Å².